The molecule has 2 rings (SSSR count). The molecule has 1 heterocycles. The molecule has 0 radical (unpaired) electrons. The average Bonchev–Trinajstić information content (AvgIpc) is 2.70. The van der Waals surface area contributed by atoms with Crippen LogP contribution >= 0.6 is 22.6 Å². The third-order valence-electron chi connectivity index (χ3n) is 2.86. The van der Waals surface area contributed by atoms with E-state index in [-0.39, 0.29) is 11.9 Å². The topological polar surface area (TPSA) is 61.4 Å². The van der Waals surface area contributed by atoms with Gasteiger partial charge in [0.25, 0.3) is 0 Å². The highest BCUT2D eigenvalue weighted by molar-refractivity contribution is 14.1. The Morgan fingerprint density at radius 1 is 1.59 bits per heavy atom. The number of hydrogen-bond donors (Lipinski definition) is 3. The number of carbonyl (C=O) groups is 1. The second-order valence-corrected chi connectivity index (χ2v) is 5.47. The van der Waals surface area contributed by atoms with Crippen molar-refractivity contribution < 1.29 is 9.90 Å². The minimum atomic E-state index is -0.413. The van der Waals surface area contributed by atoms with Crippen molar-refractivity contribution in [1.82, 2.24) is 5.32 Å². The Morgan fingerprint density at radius 3 is 2.94 bits per heavy atom. The maximum Gasteiger partial charge on any atom is 0.241 e. The Hall–Kier alpha value is -0.660. The fraction of sp³-hybridized carbons (Fsp3) is 0.417. The molecule has 1 saturated heterocycles. The van der Waals surface area contributed by atoms with Crippen LogP contribution in [-0.4, -0.2) is 29.7 Å². The van der Waals surface area contributed by atoms with E-state index in [1.54, 1.807) is 0 Å². The number of nitrogens with one attached hydrogen (secondary N) is 2. The second-order valence-electron chi connectivity index (χ2n) is 4.30. The third kappa shape index (κ3) is 3.17. The Bertz CT molecular complexity index is 437. The van der Waals surface area contributed by atoms with E-state index in [0.29, 0.717) is 13.0 Å². The summed E-state index contributed by atoms with van der Waals surface area (Å²) < 4.78 is 1.12. The molecule has 1 fully saturated rings. The van der Waals surface area contributed by atoms with E-state index in [2.05, 4.69) is 33.2 Å². The first-order chi connectivity index (χ1) is 8.06. The van der Waals surface area contributed by atoms with Gasteiger partial charge < -0.3 is 15.7 Å². The predicted molar refractivity (Wildman–Crippen MR) is 74.9 cm³/mol. The number of amides is 1. The van der Waals surface area contributed by atoms with E-state index in [1.165, 1.54) is 5.56 Å². The summed E-state index contributed by atoms with van der Waals surface area (Å²) in [5, 5.41) is 15.2. The number of hydrogen-bond acceptors (Lipinski definition) is 3. The lowest BCUT2D eigenvalue weighted by Gasteiger charge is -2.11. The maximum absolute atomic E-state index is 11.9. The lowest BCUT2D eigenvalue weighted by Crippen LogP contribution is -2.35. The van der Waals surface area contributed by atoms with Gasteiger partial charge in [0, 0.05) is 15.8 Å². The van der Waals surface area contributed by atoms with Gasteiger partial charge in [-0.15, -0.1) is 0 Å². The lowest BCUT2D eigenvalue weighted by atomic mass is 10.2. The summed E-state index contributed by atoms with van der Waals surface area (Å²) in [5.74, 6) is -0.0822. The van der Waals surface area contributed by atoms with Crippen molar-refractivity contribution in [2.24, 2.45) is 0 Å². The summed E-state index contributed by atoms with van der Waals surface area (Å²) in [6.07, 6.45) is 0.0679. The van der Waals surface area contributed by atoms with Crippen molar-refractivity contribution in [2.75, 3.05) is 11.9 Å². The van der Waals surface area contributed by atoms with Gasteiger partial charge in [-0.2, -0.15) is 0 Å². The Morgan fingerprint density at radius 2 is 2.35 bits per heavy atom. The zero-order chi connectivity index (χ0) is 12.4. The smallest absolute Gasteiger partial charge is 0.241 e. The zero-order valence-electron chi connectivity index (χ0n) is 9.53. The van der Waals surface area contributed by atoms with Gasteiger partial charge in [-0.3, -0.25) is 4.79 Å². The van der Waals surface area contributed by atoms with Gasteiger partial charge in [-0.1, -0.05) is 6.07 Å². The number of carbonyl (C=O) groups excluding carboxylic acids is 1. The lowest BCUT2D eigenvalue weighted by molar-refractivity contribution is -0.117. The summed E-state index contributed by atoms with van der Waals surface area (Å²) in [4.78, 5) is 11.9. The van der Waals surface area contributed by atoms with E-state index in [0.717, 1.165) is 9.26 Å². The van der Waals surface area contributed by atoms with Crippen molar-refractivity contribution in [1.29, 1.82) is 0 Å². The summed E-state index contributed by atoms with van der Waals surface area (Å²) in [6.45, 7) is 2.52. The van der Waals surface area contributed by atoms with Gasteiger partial charge in [-0.25, -0.2) is 0 Å². The summed E-state index contributed by atoms with van der Waals surface area (Å²) in [5.41, 5.74) is 1.99. The molecule has 1 aromatic carbocycles. The van der Waals surface area contributed by atoms with Crippen LogP contribution in [0.5, 0.6) is 0 Å². The molecule has 4 nitrogen and oxygen atoms in total. The first-order valence-electron chi connectivity index (χ1n) is 5.54. The van der Waals surface area contributed by atoms with Gasteiger partial charge in [0.1, 0.15) is 0 Å². The van der Waals surface area contributed by atoms with Gasteiger partial charge >= 0.3 is 0 Å². The molecule has 17 heavy (non-hydrogen) atoms. The molecule has 2 atom stereocenters. The Balaban J connectivity index is 2.00. The van der Waals surface area contributed by atoms with Gasteiger partial charge in [0.15, 0.2) is 0 Å². The second kappa shape index (κ2) is 5.32. The number of anilines is 1. The van der Waals surface area contributed by atoms with Crippen LogP contribution in [0.1, 0.15) is 12.0 Å². The third-order valence-corrected chi connectivity index (χ3v) is 4.03. The minimum Gasteiger partial charge on any atom is -0.392 e. The van der Waals surface area contributed by atoms with Crippen molar-refractivity contribution in [2.45, 2.75) is 25.5 Å². The van der Waals surface area contributed by atoms with Crippen molar-refractivity contribution in [3.8, 4) is 0 Å². The molecule has 3 N–H and O–H groups in total. The van der Waals surface area contributed by atoms with Crippen molar-refractivity contribution in [3.05, 3.63) is 27.3 Å². The maximum atomic E-state index is 11.9. The number of rotatable bonds is 2. The number of β-amino-alcohol motifs (C(OH)–C–C–N with tert-alkyl or cyclic N) is 1. The molecule has 0 saturated carbocycles. The van der Waals surface area contributed by atoms with Crippen molar-refractivity contribution >= 4 is 34.2 Å². The normalized spacial score (nSPS) is 23.7. The molecule has 0 bridgehead atoms. The van der Waals surface area contributed by atoms with E-state index in [9.17, 15) is 9.90 Å². The zero-order valence-corrected chi connectivity index (χ0v) is 11.7. The molecular formula is C12H15IN2O2. The molecule has 1 aliphatic rings. The van der Waals surface area contributed by atoms with E-state index in [4.69, 9.17) is 0 Å². The van der Waals surface area contributed by atoms with Gasteiger partial charge in [-0.05, 0) is 53.6 Å². The quantitative estimate of drug-likeness (QED) is 0.707. The van der Waals surface area contributed by atoms with Crippen LogP contribution in [0, 0.1) is 10.5 Å². The monoisotopic (exact) mass is 346 g/mol. The fourth-order valence-corrected chi connectivity index (χ4v) is 2.33. The predicted octanol–water partition coefficient (Wildman–Crippen LogP) is 1.26. The molecule has 1 aliphatic heterocycles. The molecule has 0 aliphatic carbocycles. The van der Waals surface area contributed by atoms with Crippen LogP contribution in [0.2, 0.25) is 0 Å². The number of aliphatic hydroxyl groups excluding tert-OH is 1. The van der Waals surface area contributed by atoms with Crippen molar-refractivity contribution in [3.63, 3.8) is 0 Å². The first-order valence-corrected chi connectivity index (χ1v) is 6.62. The highest BCUT2D eigenvalue weighted by atomic mass is 127. The molecule has 1 aromatic rings. The standard InChI is InChI=1S/C12H15IN2O2/c1-7-2-3-8(4-10(7)13)15-12(17)11-5-9(16)6-14-11/h2-4,9,11,14,16H,5-6H2,1H3,(H,15,17). The molecular weight excluding hydrogens is 331 g/mol. The number of aliphatic hydroxyl groups is 1. The Kier molecular flexibility index (Phi) is 4.01. The summed E-state index contributed by atoms with van der Waals surface area (Å²) >= 11 is 2.24. The minimum absolute atomic E-state index is 0.0822. The number of benzene rings is 1. The van der Waals surface area contributed by atoms with E-state index < -0.39 is 6.10 Å². The van der Waals surface area contributed by atoms with Crippen LogP contribution in [0.15, 0.2) is 18.2 Å². The number of halogens is 1. The molecule has 92 valence electrons. The largest absolute Gasteiger partial charge is 0.392 e. The molecule has 0 spiro atoms. The SMILES string of the molecule is Cc1ccc(NC(=O)C2CC(O)CN2)cc1I. The first kappa shape index (κ1) is 12.8. The Labute approximate surface area is 114 Å². The van der Waals surface area contributed by atoms with Crippen LogP contribution < -0.4 is 10.6 Å². The van der Waals surface area contributed by atoms with Crippen LogP contribution in [-0.2, 0) is 4.79 Å². The highest BCUT2D eigenvalue weighted by Gasteiger charge is 2.27. The molecule has 0 aromatic heterocycles. The van der Waals surface area contributed by atoms with Crippen LogP contribution in [0.4, 0.5) is 5.69 Å². The summed E-state index contributed by atoms with van der Waals surface area (Å²) in [7, 11) is 0. The van der Waals surface area contributed by atoms with Gasteiger partial charge in [0.2, 0.25) is 5.91 Å². The van der Waals surface area contributed by atoms with Crippen LogP contribution in [0.3, 0.4) is 0 Å². The molecule has 5 heteroatoms. The van der Waals surface area contributed by atoms with E-state index >= 15 is 0 Å². The summed E-state index contributed by atoms with van der Waals surface area (Å²) in [6, 6.07) is 5.53. The fourth-order valence-electron chi connectivity index (χ4n) is 1.82. The average molecular weight is 346 g/mol. The van der Waals surface area contributed by atoms with E-state index in [1.807, 2.05) is 25.1 Å². The van der Waals surface area contributed by atoms with Gasteiger partial charge in [0.05, 0.1) is 12.1 Å². The highest BCUT2D eigenvalue weighted by Crippen LogP contribution is 2.18. The molecule has 2 unspecified atom stereocenters. The number of aryl methyl sites for hydroxylation is 1. The molecule has 1 amide bonds. The van der Waals surface area contributed by atoms with Crippen LogP contribution in [0.25, 0.3) is 0 Å².